The average molecular weight is 246 g/mol. The van der Waals surface area contributed by atoms with Crippen molar-refractivity contribution >= 4 is 11.8 Å². The van der Waals surface area contributed by atoms with E-state index < -0.39 is 0 Å². The Balaban J connectivity index is 0.000000165. The van der Waals surface area contributed by atoms with E-state index in [0.717, 1.165) is 13.1 Å². The molecule has 2 aliphatic heterocycles. The van der Waals surface area contributed by atoms with E-state index in [0.29, 0.717) is 12.2 Å². The van der Waals surface area contributed by atoms with Crippen molar-refractivity contribution in [3.8, 4) is 0 Å². The molecule has 2 saturated heterocycles. The van der Waals surface area contributed by atoms with Crippen molar-refractivity contribution in [2.75, 3.05) is 51.8 Å². The Morgan fingerprint density at radius 3 is 1.75 bits per heavy atom. The van der Waals surface area contributed by atoms with Crippen LogP contribution in [0.3, 0.4) is 0 Å². The quantitative estimate of drug-likeness (QED) is 0.641. The SMILES string of the molecule is CC1CN(C)CC(C)O1.CN1CCSCC1. The first-order valence-corrected chi connectivity index (χ1v) is 7.33. The fraction of sp³-hybridized carbons (Fsp3) is 1.00. The molecule has 0 aromatic heterocycles. The Labute approximate surface area is 105 Å². The maximum atomic E-state index is 5.51. The Morgan fingerprint density at radius 1 is 0.938 bits per heavy atom. The topological polar surface area (TPSA) is 15.7 Å². The van der Waals surface area contributed by atoms with E-state index in [1.54, 1.807) is 0 Å². The second-order valence-electron chi connectivity index (χ2n) is 4.89. The van der Waals surface area contributed by atoms with Crippen LogP contribution >= 0.6 is 11.8 Å². The molecule has 0 bridgehead atoms. The lowest BCUT2D eigenvalue weighted by Crippen LogP contribution is -2.42. The van der Waals surface area contributed by atoms with Crippen molar-refractivity contribution < 1.29 is 4.74 Å². The van der Waals surface area contributed by atoms with Gasteiger partial charge >= 0.3 is 0 Å². The molecule has 0 spiro atoms. The first kappa shape index (κ1) is 14.3. The lowest BCUT2D eigenvalue weighted by atomic mass is 10.2. The van der Waals surface area contributed by atoms with E-state index in [4.69, 9.17) is 4.74 Å². The van der Waals surface area contributed by atoms with Crippen LogP contribution in [0.4, 0.5) is 0 Å². The van der Waals surface area contributed by atoms with Gasteiger partial charge in [-0.15, -0.1) is 0 Å². The first-order chi connectivity index (χ1) is 7.58. The summed E-state index contributed by atoms with van der Waals surface area (Å²) in [4.78, 5) is 4.68. The minimum Gasteiger partial charge on any atom is -0.373 e. The molecule has 0 N–H and O–H groups in total. The van der Waals surface area contributed by atoms with Crippen molar-refractivity contribution in [3.05, 3.63) is 0 Å². The third kappa shape index (κ3) is 6.09. The van der Waals surface area contributed by atoms with Gasteiger partial charge in [0.15, 0.2) is 0 Å². The maximum absolute atomic E-state index is 5.51. The smallest absolute Gasteiger partial charge is 0.0678 e. The third-order valence-corrected chi connectivity index (χ3v) is 3.78. The zero-order valence-electron chi connectivity index (χ0n) is 11.1. The van der Waals surface area contributed by atoms with Gasteiger partial charge in [0.25, 0.3) is 0 Å². The zero-order valence-corrected chi connectivity index (χ0v) is 11.9. The second kappa shape index (κ2) is 7.54. The van der Waals surface area contributed by atoms with Crippen LogP contribution < -0.4 is 0 Å². The van der Waals surface area contributed by atoms with E-state index in [-0.39, 0.29) is 0 Å². The summed E-state index contributed by atoms with van der Waals surface area (Å²) in [7, 11) is 4.31. The third-order valence-electron chi connectivity index (χ3n) is 2.84. The highest BCUT2D eigenvalue weighted by Gasteiger charge is 2.18. The molecule has 4 heteroatoms. The summed E-state index contributed by atoms with van der Waals surface area (Å²) in [6.07, 6.45) is 0.831. The number of hydrogen-bond donors (Lipinski definition) is 0. The number of morpholine rings is 1. The minimum absolute atomic E-state index is 0.416. The fourth-order valence-corrected chi connectivity index (χ4v) is 3.18. The molecule has 0 aromatic carbocycles. The summed E-state index contributed by atoms with van der Waals surface area (Å²) in [6.45, 7) is 8.95. The zero-order chi connectivity index (χ0) is 12.0. The van der Waals surface area contributed by atoms with Gasteiger partial charge in [-0.05, 0) is 27.9 Å². The minimum atomic E-state index is 0.416. The Hall–Kier alpha value is 0.230. The molecule has 0 aliphatic carbocycles. The predicted octanol–water partition coefficient (Wildman–Crippen LogP) is 1.39. The molecule has 2 unspecified atom stereocenters. The Kier molecular flexibility index (Phi) is 6.73. The Morgan fingerprint density at radius 2 is 1.44 bits per heavy atom. The van der Waals surface area contributed by atoms with Gasteiger partial charge < -0.3 is 14.5 Å². The van der Waals surface area contributed by atoms with Crippen molar-refractivity contribution in [1.29, 1.82) is 0 Å². The summed E-state index contributed by atoms with van der Waals surface area (Å²) < 4.78 is 5.51. The van der Waals surface area contributed by atoms with Gasteiger partial charge in [0.2, 0.25) is 0 Å². The van der Waals surface area contributed by atoms with Gasteiger partial charge in [0.1, 0.15) is 0 Å². The lowest BCUT2D eigenvalue weighted by Gasteiger charge is -2.32. The van der Waals surface area contributed by atoms with Crippen molar-refractivity contribution in [2.45, 2.75) is 26.1 Å². The molecule has 0 amide bonds. The van der Waals surface area contributed by atoms with E-state index in [1.165, 1.54) is 24.6 Å². The average Bonchev–Trinajstić information content (AvgIpc) is 2.17. The first-order valence-electron chi connectivity index (χ1n) is 6.18. The number of hydrogen-bond acceptors (Lipinski definition) is 4. The highest BCUT2D eigenvalue weighted by Crippen LogP contribution is 2.07. The lowest BCUT2D eigenvalue weighted by molar-refractivity contribution is -0.0602. The van der Waals surface area contributed by atoms with Gasteiger partial charge in [-0.2, -0.15) is 11.8 Å². The summed E-state index contributed by atoms with van der Waals surface area (Å²) in [5.74, 6) is 2.66. The van der Waals surface area contributed by atoms with Crippen LogP contribution in [-0.2, 0) is 4.74 Å². The van der Waals surface area contributed by atoms with Crippen LogP contribution in [-0.4, -0.2) is 73.8 Å². The van der Waals surface area contributed by atoms with E-state index in [1.807, 2.05) is 0 Å². The number of likely N-dealkylation sites (N-methyl/N-ethyl adjacent to an activating group) is 1. The van der Waals surface area contributed by atoms with Gasteiger partial charge in [-0.3, -0.25) is 0 Å². The molecule has 2 heterocycles. The molecule has 0 aromatic rings. The molecule has 16 heavy (non-hydrogen) atoms. The number of nitrogens with zero attached hydrogens (tertiary/aromatic N) is 2. The monoisotopic (exact) mass is 246 g/mol. The molecule has 3 nitrogen and oxygen atoms in total. The van der Waals surface area contributed by atoms with Crippen molar-refractivity contribution in [3.63, 3.8) is 0 Å². The highest BCUT2D eigenvalue weighted by molar-refractivity contribution is 7.99. The van der Waals surface area contributed by atoms with Crippen molar-refractivity contribution in [2.24, 2.45) is 0 Å². The van der Waals surface area contributed by atoms with Crippen LogP contribution in [0.15, 0.2) is 0 Å². The van der Waals surface area contributed by atoms with Crippen LogP contribution in [0, 0.1) is 0 Å². The molecular weight excluding hydrogens is 220 g/mol. The number of ether oxygens (including phenoxy) is 1. The van der Waals surface area contributed by atoms with Crippen LogP contribution in [0.2, 0.25) is 0 Å². The molecular formula is C12H26N2OS. The maximum Gasteiger partial charge on any atom is 0.0678 e. The summed E-state index contributed by atoms with van der Waals surface area (Å²) in [5.41, 5.74) is 0. The molecule has 2 aliphatic rings. The molecule has 96 valence electrons. The van der Waals surface area contributed by atoms with Crippen molar-refractivity contribution in [1.82, 2.24) is 9.80 Å². The molecule has 0 radical (unpaired) electrons. The summed E-state index contributed by atoms with van der Waals surface area (Å²) in [6, 6.07) is 0. The molecule has 2 atom stereocenters. The van der Waals surface area contributed by atoms with Gasteiger partial charge in [0.05, 0.1) is 12.2 Å². The van der Waals surface area contributed by atoms with E-state index in [9.17, 15) is 0 Å². The number of rotatable bonds is 0. The Bertz CT molecular complexity index is 161. The fourth-order valence-electron chi connectivity index (χ4n) is 2.09. The largest absolute Gasteiger partial charge is 0.373 e. The van der Waals surface area contributed by atoms with E-state index >= 15 is 0 Å². The van der Waals surface area contributed by atoms with Gasteiger partial charge in [-0.1, -0.05) is 0 Å². The summed E-state index contributed by atoms with van der Waals surface area (Å²) >= 11 is 2.06. The standard InChI is InChI=1S/C7H15NO.C5H11NS/c1-6-4-8(3)5-7(2)9-6;1-6-2-4-7-5-3-6/h6-7H,4-5H2,1-3H3;2-5H2,1H3. The number of thioether (sulfide) groups is 1. The van der Waals surface area contributed by atoms with Crippen LogP contribution in [0.1, 0.15) is 13.8 Å². The van der Waals surface area contributed by atoms with Gasteiger partial charge in [0, 0.05) is 37.7 Å². The van der Waals surface area contributed by atoms with Crippen LogP contribution in [0.25, 0.3) is 0 Å². The van der Waals surface area contributed by atoms with Gasteiger partial charge in [-0.25, -0.2) is 0 Å². The highest BCUT2D eigenvalue weighted by atomic mass is 32.2. The van der Waals surface area contributed by atoms with Crippen LogP contribution in [0.5, 0.6) is 0 Å². The summed E-state index contributed by atoms with van der Waals surface area (Å²) in [5, 5.41) is 0. The second-order valence-corrected chi connectivity index (χ2v) is 6.12. The van der Waals surface area contributed by atoms with E-state index in [2.05, 4.69) is 49.5 Å². The predicted molar refractivity (Wildman–Crippen MR) is 72.3 cm³/mol. The normalized spacial score (nSPS) is 33.0. The molecule has 0 saturated carbocycles. The molecule has 2 rings (SSSR count). The molecule has 2 fully saturated rings.